The molecule has 0 heterocycles. The Morgan fingerprint density at radius 1 is 0.448 bits per heavy atom. The number of carboxylic acids is 2. The van der Waals surface area contributed by atoms with Crippen molar-refractivity contribution in [3.8, 4) is 0 Å². The number of benzene rings is 4. The van der Waals surface area contributed by atoms with Crippen molar-refractivity contribution in [1.29, 1.82) is 0 Å². The average molecular weight is 803 g/mol. The number of carbonyl (C=O) groups excluding carboxylic acids is 2. The SMILES string of the molecule is CC(=O)NC(Cc1ccccc1)C(=O)O.CC(=O)NC(Cc1ccccc1)C(=O)O.COC(OC)[C@H](Cc1ccccc1)NN[C@H](Cc1ccccc1)C(OC)OC. The van der Waals surface area contributed by atoms with Crippen LogP contribution in [0.2, 0.25) is 0 Å². The molecule has 0 aromatic heterocycles. The van der Waals surface area contributed by atoms with E-state index in [4.69, 9.17) is 29.2 Å². The molecule has 4 aromatic rings. The fraction of sp³-hybridized carbons (Fsp3) is 0.364. The van der Waals surface area contributed by atoms with Gasteiger partial charge in [-0.3, -0.25) is 9.59 Å². The van der Waals surface area contributed by atoms with Gasteiger partial charge in [0.15, 0.2) is 12.6 Å². The molecular weight excluding hydrogens is 745 g/mol. The quantitative estimate of drug-likeness (QED) is 0.0521. The fourth-order valence-corrected chi connectivity index (χ4v) is 5.82. The smallest absolute Gasteiger partial charge is 0.326 e. The minimum atomic E-state index is -1.02. The third-order valence-corrected chi connectivity index (χ3v) is 8.55. The van der Waals surface area contributed by atoms with Crippen LogP contribution in [0.15, 0.2) is 121 Å². The summed E-state index contributed by atoms with van der Waals surface area (Å²) in [6.45, 7) is 2.61. The number of hydrogen-bond donors (Lipinski definition) is 6. The largest absolute Gasteiger partial charge is 0.480 e. The first-order valence-electron chi connectivity index (χ1n) is 18.7. The molecule has 0 aliphatic carbocycles. The number of carboxylic acid groups (broad SMARTS) is 2. The first-order valence-corrected chi connectivity index (χ1v) is 18.7. The molecule has 4 rings (SSSR count). The Balaban J connectivity index is 0.000000327. The number of amides is 2. The summed E-state index contributed by atoms with van der Waals surface area (Å²) in [5.74, 6) is -2.71. The van der Waals surface area contributed by atoms with Crippen molar-refractivity contribution in [2.75, 3.05) is 28.4 Å². The Hall–Kier alpha value is -5.48. The highest BCUT2D eigenvalue weighted by molar-refractivity contribution is 5.83. The van der Waals surface area contributed by atoms with Crippen LogP contribution in [0, 0.1) is 0 Å². The number of methoxy groups -OCH3 is 4. The lowest BCUT2D eigenvalue weighted by atomic mass is 10.0. The van der Waals surface area contributed by atoms with Crippen molar-refractivity contribution in [1.82, 2.24) is 21.5 Å². The molecule has 314 valence electrons. The lowest BCUT2D eigenvalue weighted by Crippen LogP contribution is -2.57. The van der Waals surface area contributed by atoms with E-state index in [9.17, 15) is 19.2 Å². The van der Waals surface area contributed by atoms with E-state index in [1.54, 1.807) is 28.4 Å². The molecule has 2 amide bonds. The van der Waals surface area contributed by atoms with Gasteiger partial charge in [0, 0.05) is 55.1 Å². The number of aliphatic carboxylic acids is 2. The molecule has 0 aliphatic heterocycles. The lowest BCUT2D eigenvalue weighted by Gasteiger charge is -2.31. The summed E-state index contributed by atoms with van der Waals surface area (Å²) >= 11 is 0. The van der Waals surface area contributed by atoms with E-state index >= 15 is 0 Å². The van der Waals surface area contributed by atoms with Crippen LogP contribution in [0.5, 0.6) is 0 Å². The number of carbonyl (C=O) groups is 4. The van der Waals surface area contributed by atoms with E-state index in [-0.39, 0.29) is 23.9 Å². The summed E-state index contributed by atoms with van der Waals surface area (Å²) < 4.78 is 22.0. The van der Waals surface area contributed by atoms with Crippen LogP contribution in [0.25, 0.3) is 0 Å². The van der Waals surface area contributed by atoms with Gasteiger partial charge in [0.1, 0.15) is 12.1 Å². The lowest BCUT2D eigenvalue weighted by molar-refractivity contribution is -0.141. The summed E-state index contributed by atoms with van der Waals surface area (Å²) in [4.78, 5) is 43.2. The number of rotatable bonds is 21. The Kier molecular flexibility index (Phi) is 23.5. The highest BCUT2D eigenvalue weighted by Crippen LogP contribution is 2.12. The first kappa shape index (κ1) is 48.7. The van der Waals surface area contributed by atoms with Gasteiger partial charge in [0.05, 0.1) is 12.1 Å². The zero-order valence-corrected chi connectivity index (χ0v) is 34.0. The molecule has 14 heteroatoms. The predicted molar refractivity (Wildman–Crippen MR) is 221 cm³/mol. The van der Waals surface area contributed by atoms with E-state index in [1.807, 2.05) is 97.1 Å². The van der Waals surface area contributed by atoms with Crippen LogP contribution < -0.4 is 21.5 Å². The van der Waals surface area contributed by atoms with E-state index < -0.39 is 36.6 Å². The van der Waals surface area contributed by atoms with Gasteiger partial charge in [-0.2, -0.15) is 0 Å². The van der Waals surface area contributed by atoms with E-state index in [0.29, 0.717) is 12.8 Å². The van der Waals surface area contributed by atoms with Gasteiger partial charge in [-0.05, 0) is 35.1 Å². The third kappa shape index (κ3) is 19.6. The predicted octanol–water partition coefficient (Wildman–Crippen LogP) is 4.18. The Labute approximate surface area is 341 Å². The minimum Gasteiger partial charge on any atom is -0.480 e. The summed E-state index contributed by atoms with van der Waals surface area (Å²) in [6, 6.07) is 36.9. The van der Waals surface area contributed by atoms with Gasteiger partial charge in [-0.25, -0.2) is 20.4 Å². The number of nitrogens with one attached hydrogen (secondary N) is 4. The molecule has 0 saturated carbocycles. The summed E-state index contributed by atoms with van der Waals surface area (Å²) in [6.07, 6.45) is 1.26. The fourth-order valence-electron chi connectivity index (χ4n) is 5.82. The molecule has 4 aromatic carbocycles. The van der Waals surface area contributed by atoms with Crippen LogP contribution in [0.4, 0.5) is 0 Å². The summed E-state index contributed by atoms with van der Waals surface area (Å²) in [5.41, 5.74) is 10.9. The van der Waals surface area contributed by atoms with Gasteiger partial charge in [-0.15, -0.1) is 0 Å². The topological polar surface area (TPSA) is 194 Å². The zero-order chi connectivity index (χ0) is 42.7. The second-order valence-electron chi connectivity index (χ2n) is 13.1. The zero-order valence-electron chi connectivity index (χ0n) is 34.0. The first-order chi connectivity index (χ1) is 27.9. The van der Waals surface area contributed by atoms with Crippen molar-refractivity contribution in [2.45, 2.75) is 76.3 Å². The molecule has 0 bridgehead atoms. The maximum absolute atomic E-state index is 10.8. The number of ether oxygens (including phenoxy) is 4. The summed E-state index contributed by atoms with van der Waals surface area (Å²) in [5, 5.41) is 22.5. The van der Waals surface area contributed by atoms with Crippen LogP contribution in [-0.2, 0) is 63.8 Å². The Morgan fingerprint density at radius 3 is 0.897 bits per heavy atom. The summed E-state index contributed by atoms with van der Waals surface area (Å²) in [7, 11) is 6.57. The number of hydrazine groups is 1. The van der Waals surface area contributed by atoms with Crippen molar-refractivity contribution in [3.05, 3.63) is 144 Å². The van der Waals surface area contributed by atoms with Gasteiger partial charge in [-0.1, -0.05) is 121 Å². The molecular formula is C44H58N4O10. The van der Waals surface area contributed by atoms with Crippen LogP contribution in [0.3, 0.4) is 0 Å². The van der Waals surface area contributed by atoms with Crippen LogP contribution in [-0.4, -0.2) is 99.2 Å². The normalized spacial score (nSPS) is 12.8. The van der Waals surface area contributed by atoms with Gasteiger partial charge >= 0.3 is 11.9 Å². The average Bonchev–Trinajstić information content (AvgIpc) is 3.21. The molecule has 58 heavy (non-hydrogen) atoms. The van der Waals surface area contributed by atoms with Gasteiger partial charge in [0.2, 0.25) is 11.8 Å². The molecule has 0 saturated heterocycles. The Bertz CT molecular complexity index is 1600. The third-order valence-electron chi connectivity index (χ3n) is 8.55. The molecule has 6 N–H and O–H groups in total. The van der Waals surface area contributed by atoms with E-state index in [1.165, 1.54) is 25.0 Å². The van der Waals surface area contributed by atoms with E-state index in [2.05, 4.69) is 45.8 Å². The highest BCUT2D eigenvalue weighted by Gasteiger charge is 2.26. The molecule has 0 aliphatic rings. The Morgan fingerprint density at radius 2 is 0.690 bits per heavy atom. The van der Waals surface area contributed by atoms with Crippen molar-refractivity contribution < 1.29 is 48.3 Å². The van der Waals surface area contributed by atoms with Gasteiger partial charge < -0.3 is 39.8 Å². The standard InChI is InChI=1S/C22H32N2O4.2C11H13NO3/c1-25-21(26-2)19(15-17-11-7-5-8-12-17)23-24-20(22(27-3)28-4)16-18-13-9-6-10-14-18;2*1-8(13)12-10(11(14)15)7-9-5-3-2-4-6-9/h5-14,19-24H,15-16H2,1-4H3;2*2-6,10H,7H2,1H3,(H,12,13)(H,14,15)/t19-,20+;;. The van der Waals surface area contributed by atoms with Gasteiger partial charge in [0.25, 0.3) is 0 Å². The minimum absolute atomic E-state index is 0.106. The molecule has 14 nitrogen and oxygen atoms in total. The molecule has 2 unspecified atom stereocenters. The molecule has 0 fully saturated rings. The second-order valence-corrected chi connectivity index (χ2v) is 13.1. The van der Waals surface area contributed by atoms with Crippen molar-refractivity contribution >= 4 is 23.8 Å². The second kappa shape index (κ2) is 28.0. The van der Waals surface area contributed by atoms with Crippen LogP contribution >= 0.6 is 0 Å². The molecule has 0 spiro atoms. The highest BCUT2D eigenvalue weighted by atomic mass is 16.7. The van der Waals surface area contributed by atoms with Crippen molar-refractivity contribution in [2.24, 2.45) is 0 Å². The van der Waals surface area contributed by atoms with E-state index in [0.717, 1.165) is 24.0 Å². The molecule has 0 radical (unpaired) electrons. The monoisotopic (exact) mass is 802 g/mol. The van der Waals surface area contributed by atoms with Crippen molar-refractivity contribution in [3.63, 3.8) is 0 Å². The maximum Gasteiger partial charge on any atom is 0.326 e. The molecule has 4 atom stereocenters. The number of hydrogen-bond acceptors (Lipinski definition) is 10. The van der Waals surface area contributed by atoms with Crippen LogP contribution in [0.1, 0.15) is 36.1 Å². The maximum atomic E-state index is 10.8.